The summed E-state index contributed by atoms with van der Waals surface area (Å²) in [4.78, 5) is 13.1. The number of ether oxygens (including phenoxy) is 1. The number of carbonyl (C=O) groups excluding carboxylic acids is 1. The maximum Gasteiger partial charge on any atom is 0.306 e. The molecule has 5 rings (SSSR count). The molecule has 4 fully saturated rings. The molecule has 2 heteroatoms. The summed E-state index contributed by atoms with van der Waals surface area (Å²) in [7, 11) is 0. The fourth-order valence-corrected chi connectivity index (χ4v) is 7.61. The summed E-state index contributed by atoms with van der Waals surface area (Å²) in [6.07, 6.45) is 10.7. The van der Waals surface area contributed by atoms with Crippen molar-refractivity contribution in [2.75, 3.05) is 0 Å². The molecule has 4 bridgehead atoms. The molecule has 0 spiro atoms. The normalized spacial score (nSPS) is 31.6. The molecule has 4 saturated carbocycles. The standard InChI is InChI=1S/C28H42O2/c1-6-20(16-26(2,3)24-10-8-7-9-11-24)15-25(29)30-27(4,5)28-17-21-12-22(18-28)14-23(13-21)19-28/h7-11,20-23H,6,12-19H2,1-5H3. The average Bonchev–Trinajstić information content (AvgIpc) is 2.66. The second kappa shape index (κ2) is 7.99. The fourth-order valence-electron chi connectivity index (χ4n) is 7.61. The quantitative estimate of drug-likeness (QED) is 0.420. The van der Waals surface area contributed by atoms with Gasteiger partial charge in [0.1, 0.15) is 5.60 Å². The van der Waals surface area contributed by atoms with Crippen molar-refractivity contribution in [1.82, 2.24) is 0 Å². The summed E-state index contributed by atoms with van der Waals surface area (Å²) in [6.45, 7) is 11.2. The highest BCUT2D eigenvalue weighted by atomic mass is 16.6. The van der Waals surface area contributed by atoms with Gasteiger partial charge in [-0.1, -0.05) is 57.5 Å². The van der Waals surface area contributed by atoms with Gasteiger partial charge in [-0.25, -0.2) is 0 Å². The van der Waals surface area contributed by atoms with E-state index in [0.717, 1.165) is 30.6 Å². The summed E-state index contributed by atoms with van der Waals surface area (Å²) in [5, 5.41) is 0. The lowest BCUT2D eigenvalue weighted by molar-refractivity contribution is -0.199. The van der Waals surface area contributed by atoms with Crippen LogP contribution in [-0.2, 0) is 14.9 Å². The number of benzene rings is 1. The molecule has 1 unspecified atom stereocenters. The van der Waals surface area contributed by atoms with Crippen LogP contribution in [0, 0.1) is 29.1 Å². The number of rotatable bonds is 8. The molecule has 1 aromatic rings. The number of carbonyl (C=O) groups is 1. The second-order valence-corrected chi connectivity index (χ2v) is 12.1. The molecular weight excluding hydrogens is 368 g/mol. The van der Waals surface area contributed by atoms with Crippen LogP contribution in [0.25, 0.3) is 0 Å². The Kier molecular flexibility index (Phi) is 5.83. The predicted molar refractivity (Wildman–Crippen MR) is 123 cm³/mol. The van der Waals surface area contributed by atoms with Gasteiger partial charge in [-0.05, 0) is 93.4 Å². The summed E-state index contributed by atoms with van der Waals surface area (Å²) in [5.74, 6) is 3.02. The Balaban J connectivity index is 1.39. The Hall–Kier alpha value is -1.31. The molecule has 0 aliphatic heterocycles. The third kappa shape index (κ3) is 4.21. The van der Waals surface area contributed by atoms with Crippen LogP contribution in [0.3, 0.4) is 0 Å². The van der Waals surface area contributed by atoms with Crippen LogP contribution in [0.1, 0.15) is 98.0 Å². The maximum atomic E-state index is 13.1. The van der Waals surface area contributed by atoms with Crippen LogP contribution in [0.5, 0.6) is 0 Å². The van der Waals surface area contributed by atoms with E-state index in [1.54, 1.807) is 0 Å². The molecule has 1 aromatic carbocycles. The van der Waals surface area contributed by atoms with E-state index in [2.05, 4.69) is 65.0 Å². The fraction of sp³-hybridized carbons (Fsp3) is 0.750. The van der Waals surface area contributed by atoms with Gasteiger partial charge in [0, 0.05) is 11.8 Å². The topological polar surface area (TPSA) is 26.3 Å². The molecule has 0 saturated heterocycles. The van der Waals surface area contributed by atoms with Gasteiger partial charge < -0.3 is 4.74 Å². The minimum Gasteiger partial charge on any atom is -0.459 e. The summed E-state index contributed by atoms with van der Waals surface area (Å²) in [6, 6.07) is 10.7. The SMILES string of the molecule is CCC(CC(=O)OC(C)(C)C12CC3CC(CC(C3)C1)C2)CC(C)(C)c1ccccc1. The third-order valence-corrected chi connectivity index (χ3v) is 9.07. The van der Waals surface area contributed by atoms with Gasteiger partial charge in [-0.3, -0.25) is 4.79 Å². The molecule has 1 atom stereocenters. The highest BCUT2D eigenvalue weighted by Gasteiger charge is 2.58. The van der Waals surface area contributed by atoms with Crippen molar-refractivity contribution in [2.45, 2.75) is 103 Å². The van der Waals surface area contributed by atoms with Gasteiger partial charge in [-0.15, -0.1) is 0 Å². The molecule has 0 aromatic heterocycles. The lowest BCUT2D eigenvalue weighted by Crippen LogP contribution is -2.57. The number of esters is 1. The molecule has 4 aliphatic rings. The van der Waals surface area contributed by atoms with E-state index >= 15 is 0 Å². The Morgan fingerprint density at radius 1 is 1.00 bits per heavy atom. The van der Waals surface area contributed by atoms with E-state index in [1.807, 2.05) is 0 Å². The molecule has 30 heavy (non-hydrogen) atoms. The molecule has 0 amide bonds. The minimum atomic E-state index is -0.340. The highest BCUT2D eigenvalue weighted by Crippen LogP contribution is 2.64. The first-order valence-corrected chi connectivity index (χ1v) is 12.4. The maximum absolute atomic E-state index is 13.1. The zero-order valence-corrected chi connectivity index (χ0v) is 19.9. The van der Waals surface area contributed by atoms with Crippen LogP contribution >= 0.6 is 0 Å². The van der Waals surface area contributed by atoms with Crippen LogP contribution in [0.2, 0.25) is 0 Å². The molecule has 0 radical (unpaired) electrons. The van der Waals surface area contributed by atoms with Gasteiger partial charge in [-0.2, -0.15) is 0 Å². The smallest absolute Gasteiger partial charge is 0.306 e. The van der Waals surface area contributed by atoms with Crippen LogP contribution in [0.4, 0.5) is 0 Å². The third-order valence-electron chi connectivity index (χ3n) is 9.07. The first-order chi connectivity index (χ1) is 14.1. The van der Waals surface area contributed by atoms with Gasteiger partial charge >= 0.3 is 5.97 Å². The van der Waals surface area contributed by atoms with E-state index < -0.39 is 0 Å². The lowest BCUT2D eigenvalue weighted by Gasteiger charge is -2.61. The van der Waals surface area contributed by atoms with Gasteiger partial charge in [0.05, 0.1) is 0 Å². The number of hydrogen-bond acceptors (Lipinski definition) is 2. The summed E-state index contributed by atoms with van der Waals surface area (Å²) >= 11 is 0. The van der Waals surface area contributed by atoms with Crippen molar-refractivity contribution in [3.05, 3.63) is 35.9 Å². The molecule has 166 valence electrons. The van der Waals surface area contributed by atoms with Crippen molar-refractivity contribution in [3.8, 4) is 0 Å². The summed E-state index contributed by atoms with van der Waals surface area (Å²) < 4.78 is 6.34. The average molecular weight is 411 g/mol. The van der Waals surface area contributed by atoms with E-state index in [-0.39, 0.29) is 22.4 Å². The van der Waals surface area contributed by atoms with Gasteiger partial charge in [0.25, 0.3) is 0 Å². The Morgan fingerprint density at radius 3 is 2.03 bits per heavy atom. The van der Waals surface area contributed by atoms with Gasteiger partial charge in [0.2, 0.25) is 0 Å². The monoisotopic (exact) mass is 410 g/mol. The van der Waals surface area contributed by atoms with Crippen LogP contribution in [-0.4, -0.2) is 11.6 Å². The van der Waals surface area contributed by atoms with Crippen molar-refractivity contribution in [2.24, 2.45) is 29.1 Å². The molecule has 2 nitrogen and oxygen atoms in total. The van der Waals surface area contributed by atoms with Crippen LogP contribution < -0.4 is 0 Å². The lowest BCUT2D eigenvalue weighted by atomic mass is 9.46. The van der Waals surface area contributed by atoms with Crippen molar-refractivity contribution in [3.63, 3.8) is 0 Å². The van der Waals surface area contributed by atoms with Crippen molar-refractivity contribution < 1.29 is 9.53 Å². The Bertz CT molecular complexity index is 710. The Labute approximate surface area is 184 Å². The van der Waals surface area contributed by atoms with E-state index in [1.165, 1.54) is 44.1 Å². The zero-order chi connectivity index (χ0) is 21.6. The second-order valence-electron chi connectivity index (χ2n) is 12.1. The van der Waals surface area contributed by atoms with E-state index in [0.29, 0.717) is 12.3 Å². The highest BCUT2D eigenvalue weighted by molar-refractivity contribution is 5.70. The largest absolute Gasteiger partial charge is 0.459 e. The van der Waals surface area contributed by atoms with Gasteiger partial charge in [0.15, 0.2) is 0 Å². The molecular formula is C28H42O2. The first-order valence-electron chi connectivity index (χ1n) is 12.4. The van der Waals surface area contributed by atoms with Crippen molar-refractivity contribution >= 4 is 5.97 Å². The van der Waals surface area contributed by atoms with Crippen molar-refractivity contribution in [1.29, 1.82) is 0 Å². The molecule has 0 N–H and O–H groups in total. The molecule has 0 heterocycles. The molecule has 4 aliphatic carbocycles. The van der Waals surface area contributed by atoms with E-state index in [9.17, 15) is 4.79 Å². The summed E-state index contributed by atoms with van der Waals surface area (Å²) in [5.41, 5.74) is 1.30. The minimum absolute atomic E-state index is 0.0199. The zero-order valence-electron chi connectivity index (χ0n) is 19.9. The first kappa shape index (κ1) is 21.9. The predicted octanol–water partition coefficient (Wildman–Crippen LogP) is 7.31. The number of hydrogen-bond donors (Lipinski definition) is 0. The van der Waals surface area contributed by atoms with E-state index in [4.69, 9.17) is 4.74 Å². The van der Waals surface area contributed by atoms with Crippen LogP contribution in [0.15, 0.2) is 30.3 Å². The Morgan fingerprint density at radius 2 is 1.53 bits per heavy atom.